The molecule has 7 heteroatoms. The van der Waals surface area contributed by atoms with Crippen LogP contribution in [0.2, 0.25) is 0 Å². The lowest BCUT2D eigenvalue weighted by Crippen LogP contribution is -2.38. The minimum Gasteiger partial charge on any atom is -0.497 e. The monoisotopic (exact) mass is 524 g/mol. The molecule has 0 aliphatic heterocycles. The van der Waals surface area contributed by atoms with Gasteiger partial charge in [-0.05, 0) is 41.8 Å². The Kier molecular flexibility index (Phi) is 8.76. The van der Waals surface area contributed by atoms with E-state index in [4.69, 9.17) is 14.2 Å². The minimum absolute atomic E-state index is 0.0980. The van der Waals surface area contributed by atoms with Crippen LogP contribution in [0.1, 0.15) is 28.5 Å². The number of aromatic amines is 1. The highest BCUT2D eigenvalue weighted by molar-refractivity contribution is 5.48. The van der Waals surface area contributed by atoms with Gasteiger partial charge < -0.3 is 14.2 Å². The van der Waals surface area contributed by atoms with Gasteiger partial charge in [-0.3, -0.25) is 14.3 Å². The Labute approximate surface area is 227 Å². The van der Waals surface area contributed by atoms with Gasteiger partial charge in [-0.25, -0.2) is 4.79 Å². The fraction of sp³-hybridized carbons (Fsp3) is 0.188. The molecular formula is C32H32N2O5. The van der Waals surface area contributed by atoms with Gasteiger partial charge >= 0.3 is 5.69 Å². The SMILES string of the molecule is C=CC(O[C@@H](C=C)COC(c1ccccc1)(c1ccccc1)c1ccc(OC)cc1)n1cc(C)c(=O)[nH]c1=O. The molecule has 4 rings (SSSR count). The van der Waals surface area contributed by atoms with E-state index in [1.165, 1.54) is 16.8 Å². The predicted molar refractivity (Wildman–Crippen MR) is 152 cm³/mol. The van der Waals surface area contributed by atoms with Gasteiger partial charge in [-0.1, -0.05) is 85.5 Å². The molecule has 0 bridgehead atoms. The minimum atomic E-state index is -0.992. The highest BCUT2D eigenvalue weighted by Crippen LogP contribution is 2.41. The van der Waals surface area contributed by atoms with Crippen LogP contribution in [-0.2, 0) is 15.1 Å². The molecule has 0 saturated heterocycles. The zero-order chi connectivity index (χ0) is 27.8. The van der Waals surface area contributed by atoms with E-state index in [-0.39, 0.29) is 6.61 Å². The third kappa shape index (κ3) is 5.85. The van der Waals surface area contributed by atoms with Crippen molar-refractivity contribution in [2.75, 3.05) is 13.7 Å². The van der Waals surface area contributed by atoms with Gasteiger partial charge in [0.25, 0.3) is 5.56 Å². The number of aryl methyl sites for hydroxylation is 1. The van der Waals surface area contributed by atoms with E-state index in [0.717, 1.165) is 22.4 Å². The normalized spacial score (nSPS) is 12.9. The number of hydrogen-bond donors (Lipinski definition) is 1. The lowest BCUT2D eigenvalue weighted by atomic mass is 9.80. The number of ether oxygens (including phenoxy) is 3. The molecular weight excluding hydrogens is 492 g/mol. The highest BCUT2D eigenvalue weighted by Gasteiger charge is 2.38. The fourth-order valence-corrected chi connectivity index (χ4v) is 4.48. The van der Waals surface area contributed by atoms with Gasteiger partial charge in [-0.2, -0.15) is 0 Å². The zero-order valence-corrected chi connectivity index (χ0v) is 22.1. The van der Waals surface area contributed by atoms with E-state index >= 15 is 0 Å². The van der Waals surface area contributed by atoms with Gasteiger partial charge in [0.05, 0.1) is 13.7 Å². The Balaban J connectivity index is 1.74. The molecule has 1 N–H and O–H groups in total. The molecule has 39 heavy (non-hydrogen) atoms. The Morgan fingerprint density at radius 3 is 1.95 bits per heavy atom. The molecule has 0 radical (unpaired) electrons. The van der Waals surface area contributed by atoms with Crippen molar-refractivity contribution in [2.24, 2.45) is 0 Å². The number of H-pyrrole nitrogens is 1. The van der Waals surface area contributed by atoms with E-state index in [9.17, 15) is 9.59 Å². The summed E-state index contributed by atoms with van der Waals surface area (Å²) < 4.78 is 19.7. The molecule has 0 saturated carbocycles. The van der Waals surface area contributed by atoms with E-state index < -0.39 is 29.2 Å². The summed E-state index contributed by atoms with van der Waals surface area (Å²) in [4.78, 5) is 26.7. The molecule has 1 aromatic heterocycles. The van der Waals surface area contributed by atoms with Gasteiger partial charge in [0.15, 0.2) is 6.23 Å². The standard InChI is InChI=1S/C32H32N2O5/c1-5-27(39-29(6-2)34-21-23(3)30(35)33-31(34)36)22-38-32(24-13-9-7-10-14-24,25-15-11-8-12-16-25)26-17-19-28(37-4)20-18-26/h5-21,27,29H,1-2,22H2,3-4H3,(H,33,35,36)/t27-,29?/m0/s1. The summed E-state index contributed by atoms with van der Waals surface area (Å²) in [7, 11) is 1.63. The predicted octanol–water partition coefficient (Wildman–Crippen LogP) is 5.12. The van der Waals surface area contributed by atoms with E-state index in [2.05, 4.69) is 18.1 Å². The van der Waals surface area contributed by atoms with Crippen LogP contribution in [0.5, 0.6) is 5.75 Å². The van der Waals surface area contributed by atoms with E-state index in [1.807, 2.05) is 84.9 Å². The van der Waals surface area contributed by atoms with Gasteiger partial charge in [0.2, 0.25) is 0 Å². The second kappa shape index (κ2) is 12.4. The second-order valence-corrected chi connectivity index (χ2v) is 8.97. The summed E-state index contributed by atoms with van der Waals surface area (Å²) in [6.45, 7) is 9.47. The average Bonchev–Trinajstić information content (AvgIpc) is 2.98. The van der Waals surface area contributed by atoms with Crippen LogP contribution < -0.4 is 16.0 Å². The molecule has 0 fully saturated rings. The number of rotatable bonds is 12. The largest absolute Gasteiger partial charge is 0.497 e. The van der Waals surface area contributed by atoms with Crippen LogP contribution in [0.15, 0.2) is 126 Å². The van der Waals surface area contributed by atoms with Crippen LogP contribution in [0, 0.1) is 6.92 Å². The Morgan fingerprint density at radius 1 is 0.872 bits per heavy atom. The first kappa shape index (κ1) is 27.6. The van der Waals surface area contributed by atoms with Crippen molar-refractivity contribution in [2.45, 2.75) is 24.9 Å². The summed E-state index contributed by atoms with van der Waals surface area (Å²) in [5.41, 5.74) is 1.10. The topological polar surface area (TPSA) is 82.6 Å². The second-order valence-electron chi connectivity index (χ2n) is 8.97. The molecule has 0 aliphatic carbocycles. The lowest BCUT2D eigenvalue weighted by Gasteiger charge is -2.37. The number of benzene rings is 3. The number of methoxy groups -OCH3 is 1. The van der Waals surface area contributed by atoms with Crippen molar-refractivity contribution in [3.8, 4) is 5.75 Å². The zero-order valence-electron chi connectivity index (χ0n) is 22.1. The Morgan fingerprint density at radius 2 is 1.44 bits per heavy atom. The van der Waals surface area contributed by atoms with Crippen molar-refractivity contribution < 1.29 is 14.2 Å². The summed E-state index contributed by atoms with van der Waals surface area (Å²) in [5.74, 6) is 0.733. The maximum Gasteiger partial charge on any atom is 0.330 e. The van der Waals surface area contributed by atoms with E-state index in [0.29, 0.717) is 5.56 Å². The number of nitrogens with one attached hydrogen (secondary N) is 1. The molecule has 0 amide bonds. The van der Waals surface area contributed by atoms with Crippen molar-refractivity contribution in [1.82, 2.24) is 9.55 Å². The first-order chi connectivity index (χ1) is 18.9. The first-order valence-electron chi connectivity index (χ1n) is 12.5. The number of hydrogen-bond acceptors (Lipinski definition) is 5. The van der Waals surface area contributed by atoms with Crippen molar-refractivity contribution in [3.63, 3.8) is 0 Å². The van der Waals surface area contributed by atoms with Crippen LogP contribution in [0.25, 0.3) is 0 Å². The summed E-state index contributed by atoms with van der Waals surface area (Å²) in [5, 5.41) is 0. The lowest BCUT2D eigenvalue weighted by molar-refractivity contribution is -0.0791. The maximum absolute atomic E-state index is 12.5. The molecule has 200 valence electrons. The Bertz CT molecular complexity index is 1470. The fourth-order valence-electron chi connectivity index (χ4n) is 4.48. The molecule has 4 aromatic rings. The third-order valence-electron chi connectivity index (χ3n) is 6.52. The molecule has 0 aliphatic rings. The number of aromatic nitrogens is 2. The summed E-state index contributed by atoms with van der Waals surface area (Å²) >= 11 is 0. The quantitative estimate of drug-likeness (QED) is 0.206. The number of nitrogens with zero attached hydrogens (tertiary/aromatic N) is 1. The van der Waals surface area contributed by atoms with Crippen LogP contribution in [0.3, 0.4) is 0 Å². The third-order valence-corrected chi connectivity index (χ3v) is 6.52. The highest BCUT2D eigenvalue weighted by atomic mass is 16.6. The molecule has 1 unspecified atom stereocenters. The summed E-state index contributed by atoms with van der Waals surface area (Å²) in [6.07, 6.45) is 3.07. The average molecular weight is 525 g/mol. The van der Waals surface area contributed by atoms with Gasteiger partial charge in [0, 0.05) is 11.8 Å². The summed E-state index contributed by atoms with van der Waals surface area (Å²) in [6, 6.07) is 27.7. The van der Waals surface area contributed by atoms with Crippen molar-refractivity contribution in [3.05, 3.63) is 160 Å². The maximum atomic E-state index is 12.5. The molecule has 1 heterocycles. The van der Waals surface area contributed by atoms with E-state index in [1.54, 1.807) is 20.1 Å². The van der Waals surface area contributed by atoms with Gasteiger partial charge in [0.1, 0.15) is 17.5 Å². The first-order valence-corrected chi connectivity index (χ1v) is 12.5. The van der Waals surface area contributed by atoms with Gasteiger partial charge in [-0.15, -0.1) is 6.58 Å². The molecule has 2 atom stereocenters. The van der Waals surface area contributed by atoms with Crippen LogP contribution in [-0.4, -0.2) is 29.4 Å². The van der Waals surface area contributed by atoms with Crippen LogP contribution in [0.4, 0.5) is 0 Å². The van der Waals surface area contributed by atoms with Crippen molar-refractivity contribution >= 4 is 0 Å². The molecule has 0 spiro atoms. The molecule has 3 aromatic carbocycles. The molecule has 7 nitrogen and oxygen atoms in total. The Hall–Kier alpha value is -4.46. The smallest absolute Gasteiger partial charge is 0.330 e. The van der Waals surface area contributed by atoms with Crippen molar-refractivity contribution in [1.29, 1.82) is 0 Å². The van der Waals surface area contributed by atoms with Crippen LogP contribution >= 0.6 is 0 Å².